The number of para-hydroxylation sites is 2. The molecular formula is C25H30N2O2. The van der Waals surface area contributed by atoms with Crippen molar-refractivity contribution >= 4 is 23.2 Å². The van der Waals surface area contributed by atoms with E-state index < -0.39 is 10.8 Å². The molecule has 0 aliphatic carbocycles. The summed E-state index contributed by atoms with van der Waals surface area (Å²) in [6, 6.07) is 16.1. The van der Waals surface area contributed by atoms with E-state index in [1.54, 1.807) is 9.80 Å². The standard InChI is InChI=1S/C25H30N2O2/c1-23(2,15-24(3)17-11-7-9-13-19(17)26(5)21(24)28)16-25(4)18-12-8-10-14-20(18)27(6)22(25)29/h7-14H,15-16H2,1-6H3/t24-,25-/m0/s1. The van der Waals surface area contributed by atoms with Crippen LogP contribution in [0.3, 0.4) is 0 Å². The summed E-state index contributed by atoms with van der Waals surface area (Å²) in [6.45, 7) is 8.48. The molecule has 29 heavy (non-hydrogen) atoms. The van der Waals surface area contributed by atoms with E-state index in [0.717, 1.165) is 22.5 Å². The Kier molecular flexibility index (Phi) is 4.20. The maximum Gasteiger partial charge on any atom is 0.237 e. The summed E-state index contributed by atoms with van der Waals surface area (Å²) in [5, 5.41) is 0. The summed E-state index contributed by atoms with van der Waals surface area (Å²) >= 11 is 0. The molecule has 2 aliphatic heterocycles. The fourth-order valence-electron chi connectivity index (χ4n) is 5.97. The second-order valence-electron chi connectivity index (χ2n) is 9.94. The molecule has 0 bridgehead atoms. The molecule has 4 nitrogen and oxygen atoms in total. The van der Waals surface area contributed by atoms with Crippen molar-refractivity contribution in [3.8, 4) is 0 Å². The third-order valence-electron chi connectivity index (χ3n) is 6.94. The van der Waals surface area contributed by atoms with E-state index in [4.69, 9.17) is 0 Å². The molecule has 2 amide bonds. The molecule has 4 heteroatoms. The maximum atomic E-state index is 13.2. The second kappa shape index (κ2) is 6.19. The van der Waals surface area contributed by atoms with Gasteiger partial charge in [-0.3, -0.25) is 9.59 Å². The van der Waals surface area contributed by atoms with E-state index in [2.05, 4.69) is 39.8 Å². The summed E-state index contributed by atoms with van der Waals surface area (Å²) in [6.07, 6.45) is 1.38. The number of nitrogens with zero attached hydrogens (tertiary/aromatic N) is 2. The molecule has 2 heterocycles. The average Bonchev–Trinajstić information content (AvgIpc) is 2.98. The molecule has 152 valence electrons. The van der Waals surface area contributed by atoms with Gasteiger partial charge in [-0.25, -0.2) is 0 Å². The molecule has 0 fully saturated rings. The number of anilines is 2. The number of rotatable bonds is 4. The van der Waals surface area contributed by atoms with Gasteiger partial charge in [-0.2, -0.15) is 0 Å². The number of carbonyl (C=O) groups is 2. The van der Waals surface area contributed by atoms with Crippen LogP contribution in [0.4, 0.5) is 11.4 Å². The molecule has 0 saturated heterocycles. The Hall–Kier alpha value is -2.62. The lowest BCUT2D eigenvalue weighted by Gasteiger charge is -2.39. The predicted octanol–water partition coefficient (Wildman–Crippen LogP) is 4.66. The lowest BCUT2D eigenvalue weighted by atomic mass is 9.63. The van der Waals surface area contributed by atoms with Gasteiger partial charge in [0.2, 0.25) is 11.8 Å². The van der Waals surface area contributed by atoms with Gasteiger partial charge in [0.1, 0.15) is 0 Å². The van der Waals surface area contributed by atoms with Crippen LogP contribution in [0.2, 0.25) is 0 Å². The van der Waals surface area contributed by atoms with Crippen LogP contribution >= 0.6 is 0 Å². The van der Waals surface area contributed by atoms with Crippen LogP contribution in [0, 0.1) is 5.41 Å². The SMILES string of the molecule is CN1C(=O)[C@@](C)(CC(C)(C)C[C@]2(C)C(=O)N(C)c3ccccc32)c2ccccc21. The Balaban J connectivity index is 1.69. The van der Waals surface area contributed by atoms with Gasteiger partial charge >= 0.3 is 0 Å². The fourth-order valence-corrected chi connectivity index (χ4v) is 5.97. The number of fused-ring (bicyclic) bond motifs is 2. The van der Waals surface area contributed by atoms with Crippen LogP contribution in [-0.4, -0.2) is 25.9 Å². The third-order valence-corrected chi connectivity index (χ3v) is 6.94. The fraction of sp³-hybridized carbons (Fsp3) is 0.440. The summed E-state index contributed by atoms with van der Waals surface area (Å²) in [7, 11) is 3.71. The van der Waals surface area contributed by atoms with E-state index >= 15 is 0 Å². The van der Waals surface area contributed by atoms with Crippen molar-refractivity contribution in [2.75, 3.05) is 23.9 Å². The number of hydrogen-bond donors (Lipinski definition) is 0. The van der Waals surface area contributed by atoms with Crippen molar-refractivity contribution in [2.45, 2.75) is 51.4 Å². The van der Waals surface area contributed by atoms with Crippen LogP contribution in [0.1, 0.15) is 51.7 Å². The normalized spacial score (nSPS) is 26.1. The number of hydrogen-bond acceptors (Lipinski definition) is 2. The predicted molar refractivity (Wildman–Crippen MR) is 117 cm³/mol. The van der Waals surface area contributed by atoms with Crippen LogP contribution in [0.5, 0.6) is 0 Å². The lowest BCUT2D eigenvalue weighted by Crippen LogP contribution is -2.44. The first-order valence-corrected chi connectivity index (χ1v) is 10.3. The summed E-state index contributed by atoms with van der Waals surface area (Å²) < 4.78 is 0. The lowest BCUT2D eigenvalue weighted by molar-refractivity contribution is -0.124. The number of likely N-dealkylation sites (N-methyl/N-ethyl adjacent to an activating group) is 2. The first-order chi connectivity index (χ1) is 13.5. The first-order valence-electron chi connectivity index (χ1n) is 10.3. The van der Waals surface area contributed by atoms with Gasteiger partial charge in [0, 0.05) is 25.5 Å². The van der Waals surface area contributed by atoms with E-state index in [1.165, 1.54) is 0 Å². The molecular weight excluding hydrogens is 360 g/mol. The zero-order valence-corrected chi connectivity index (χ0v) is 18.2. The van der Waals surface area contributed by atoms with Gasteiger partial charge in [-0.15, -0.1) is 0 Å². The smallest absolute Gasteiger partial charge is 0.237 e. The van der Waals surface area contributed by atoms with Crippen molar-refractivity contribution in [3.63, 3.8) is 0 Å². The molecule has 0 saturated carbocycles. The largest absolute Gasteiger partial charge is 0.314 e. The minimum Gasteiger partial charge on any atom is -0.314 e. The molecule has 2 aliphatic rings. The van der Waals surface area contributed by atoms with Gasteiger partial charge < -0.3 is 9.80 Å². The topological polar surface area (TPSA) is 40.6 Å². The number of benzene rings is 2. The second-order valence-corrected chi connectivity index (χ2v) is 9.94. The van der Waals surface area contributed by atoms with Crippen LogP contribution in [0.25, 0.3) is 0 Å². The molecule has 2 aromatic rings. The highest BCUT2D eigenvalue weighted by Crippen LogP contribution is 2.52. The zero-order chi connectivity index (χ0) is 21.2. The highest BCUT2D eigenvalue weighted by atomic mass is 16.2. The van der Waals surface area contributed by atoms with E-state index in [1.807, 2.05) is 50.5 Å². The highest BCUT2D eigenvalue weighted by molar-refractivity contribution is 6.08. The minimum atomic E-state index is -0.585. The molecule has 0 unspecified atom stereocenters. The summed E-state index contributed by atoms with van der Waals surface area (Å²) in [5.41, 5.74) is 2.76. The highest BCUT2D eigenvalue weighted by Gasteiger charge is 2.53. The van der Waals surface area contributed by atoms with Gasteiger partial charge in [0.05, 0.1) is 10.8 Å². The van der Waals surface area contributed by atoms with Gasteiger partial charge in [0.25, 0.3) is 0 Å². The van der Waals surface area contributed by atoms with Crippen LogP contribution in [-0.2, 0) is 20.4 Å². The summed E-state index contributed by atoms with van der Waals surface area (Å²) in [5.74, 6) is 0.263. The molecule has 2 aromatic carbocycles. The van der Waals surface area contributed by atoms with Crippen molar-refractivity contribution in [3.05, 3.63) is 59.7 Å². The molecule has 0 radical (unpaired) electrons. The molecule has 0 N–H and O–H groups in total. The first kappa shape index (κ1) is 19.7. The Labute approximate surface area is 173 Å². The molecule has 0 spiro atoms. The Morgan fingerprint density at radius 2 is 1.07 bits per heavy atom. The molecule has 2 atom stereocenters. The quantitative estimate of drug-likeness (QED) is 0.762. The zero-order valence-electron chi connectivity index (χ0n) is 18.2. The van der Waals surface area contributed by atoms with E-state index in [-0.39, 0.29) is 17.2 Å². The number of amides is 2. The minimum absolute atomic E-state index is 0.132. The van der Waals surface area contributed by atoms with E-state index in [0.29, 0.717) is 12.8 Å². The van der Waals surface area contributed by atoms with Gasteiger partial charge in [0.15, 0.2) is 0 Å². The maximum absolute atomic E-state index is 13.2. The van der Waals surface area contributed by atoms with Crippen LogP contribution < -0.4 is 9.80 Å². The monoisotopic (exact) mass is 390 g/mol. The van der Waals surface area contributed by atoms with Crippen molar-refractivity contribution < 1.29 is 9.59 Å². The number of carbonyl (C=O) groups excluding carboxylic acids is 2. The Morgan fingerprint density at radius 1 is 0.724 bits per heavy atom. The van der Waals surface area contributed by atoms with Gasteiger partial charge in [-0.1, -0.05) is 50.2 Å². The van der Waals surface area contributed by atoms with Crippen LogP contribution in [0.15, 0.2) is 48.5 Å². The molecule has 0 aromatic heterocycles. The summed E-state index contributed by atoms with van der Waals surface area (Å²) in [4.78, 5) is 30.0. The van der Waals surface area contributed by atoms with Crippen molar-refractivity contribution in [1.29, 1.82) is 0 Å². The van der Waals surface area contributed by atoms with Crippen molar-refractivity contribution in [1.82, 2.24) is 0 Å². The Bertz CT molecular complexity index is 932. The van der Waals surface area contributed by atoms with Gasteiger partial charge in [-0.05, 0) is 55.4 Å². The molecule has 4 rings (SSSR count). The van der Waals surface area contributed by atoms with E-state index in [9.17, 15) is 9.59 Å². The van der Waals surface area contributed by atoms with Crippen molar-refractivity contribution in [2.24, 2.45) is 5.41 Å². The Morgan fingerprint density at radius 3 is 1.45 bits per heavy atom. The average molecular weight is 391 g/mol. The third kappa shape index (κ3) is 2.72.